The third-order valence-corrected chi connectivity index (χ3v) is 4.41. The first kappa shape index (κ1) is 8.63. The monoisotopic (exact) mass is 191 g/mol. The molecular weight excluding hydrogens is 174 g/mol. The van der Waals surface area contributed by atoms with Crippen LogP contribution in [-0.4, -0.2) is 6.04 Å². The van der Waals surface area contributed by atoms with Gasteiger partial charge in [-0.1, -0.05) is 16.8 Å². The van der Waals surface area contributed by atoms with Crippen molar-refractivity contribution in [2.24, 2.45) is 16.5 Å². The quantitative estimate of drug-likeness (QED) is 0.483. The summed E-state index contributed by atoms with van der Waals surface area (Å²) >= 11 is 0. The van der Waals surface area contributed by atoms with Gasteiger partial charge in [0.1, 0.15) is 0 Å². The first-order chi connectivity index (χ1) is 6.85. The Morgan fingerprint density at radius 3 is 2.86 bits per heavy atom. The predicted molar refractivity (Wildman–Crippen MR) is 55.9 cm³/mol. The number of fused-ring (bicyclic) bond motifs is 1. The Morgan fingerprint density at radius 2 is 2.36 bits per heavy atom. The molecule has 0 aromatic rings. The van der Waals surface area contributed by atoms with Gasteiger partial charge in [-0.3, -0.25) is 0 Å². The van der Waals surface area contributed by atoms with Crippen molar-refractivity contribution in [2.75, 3.05) is 0 Å². The van der Waals surface area contributed by atoms with E-state index in [-0.39, 0.29) is 6.04 Å². The molecule has 0 aromatic carbocycles. The second kappa shape index (κ2) is 2.91. The zero-order valence-corrected chi connectivity index (χ0v) is 8.54. The molecule has 0 unspecified atom stereocenters. The Balaban J connectivity index is 1.52. The molecule has 2 heteroatoms. The third kappa shape index (κ3) is 1.23. The van der Waals surface area contributed by atoms with E-state index in [1.165, 1.54) is 32.1 Å². The Bertz CT molecular complexity index is 289. The Hall–Kier alpha value is -0.660. The smallest absolute Gasteiger partial charge is 0.0981 e. The van der Waals surface area contributed by atoms with E-state index < -0.39 is 0 Å². The van der Waals surface area contributed by atoms with Crippen LogP contribution in [0.15, 0.2) is 16.8 Å². The molecule has 0 bridgehead atoms. The molecule has 76 valence electrons. The molecule has 14 heavy (non-hydrogen) atoms. The van der Waals surface area contributed by atoms with E-state index in [1.807, 2.05) is 0 Å². The van der Waals surface area contributed by atoms with Crippen LogP contribution in [0.1, 0.15) is 44.9 Å². The second-order valence-corrected chi connectivity index (χ2v) is 5.25. The normalized spacial score (nSPS) is 40.0. The average Bonchev–Trinajstić information content (AvgIpc) is 2.93. The maximum Gasteiger partial charge on any atom is 0.0981 e. The van der Waals surface area contributed by atoms with Gasteiger partial charge in [0.15, 0.2) is 0 Å². The van der Waals surface area contributed by atoms with E-state index in [1.54, 1.807) is 5.57 Å². The number of allylic oxidation sites excluding steroid dienone is 2. The van der Waals surface area contributed by atoms with Crippen LogP contribution in [0.3, 0.4) is 0 Å². The lowest BCUT2D eigenvalue weighted by molar-refractivity contribution is 0.462. The highest BCUT2D eigenvalue weighted by Gasteiger charge is 2.73. The summed E-state index contributed by atoms with van der Waals surface area (Å²) in [5.41, 5.74) is 2.01. The summed E-state index contributed by atoms with van der Waals surface area (Å²) in [7, 11) is 0. The molecule has 0 radical (unpaired) electrons. The zero-order chi connectivity index (χ0) is 9.60. The molecule has 1 atom stereocenters. The number of hydrogen-bond acceptors (Lipinski definition) is 2. The molecule has 3 rings (SSSR count). The molecule has 0 aliphatic heterocycles. The maximum atomic E-state index is 10.8. The van der Waals surface area contributed by atoms with Gasteiger partial charge in [0.05, 0.1) is 6.04 Å². The first-order valence-electron chi connectivity index (χ1n) is 5.85. The van der Waals surface area contributed by atoms with Gasteiger partial charge in [-0.05, 0) is 56.3 Å². The van der Waals surface area contributed by atoms with Gasteiger partial charge in [0.2, 0.25) is 0 Å². The summed E-state index contributed by atoms with van der Waals surface area (Å²) in [6.07, 6.45) is 10.9. The fraction of sp³-hybridized carbons (Fsp3) is 0.833. The fourth-order valence-corrected chi connectivity index (χ4v) is 3.02. The molecule has 0 amide bonds. The van der Waals surface area contributed by atoms with Gasteiger partial charge in [-0.15, -0.1) is 0 Å². The van der Waals surface area contributed by atoms with Crippen LogP contribution in [0.4, 0.5) is 0 Å². The molecule has 0 spiro atoms. The lowest BCUT2D eigenvalue weighted by Crippen LogP contribution is -2.12. The van der Waals surface area contributed by atoms with Gasteiger partial charge < -0.3 is 0 Å². The molecule has 2 fully saturated rings. The Labute approximate surface area is 84.7 Å². The molecule has 0 saturated heterocycles. The molecule has 2 nitrogen and oxygen atoms in total. The highest BCUT2D eigenvalue weighted by atomic mass is 16.3. The van der Waals surface area contributed by atoms with Crippen LogP contribution in [0.25, 0.3) is 0 Å². The van der Waals surface area contributed by atoms with Crippen molar-refractivity contribution >= 4 is 0 Å². The average molecular weight is 191 g/mol. The first-order valence-corrected chi connectivity index (χ1v) is 5.85. The molecule has 0 aromatic heterocycles. The summed E-state index contributed by atoms with van der Waals surface area (Å²) in [6, 6.07) is 0.147. The van der Waals surface area contributed by atoms with Crippen molar-refractivity contribution in [3.8, 4) is 0 Å². The van der Waals surface area contributed by atoms with Gasteiger partial charge in [0, 0.05) is 0 Å². The second-order valence-electron chi connectivity index (χ2n) is 5.25. The van der Waals surface area contributed by atoms with Crippen LogP contribution < -0.4 is 0 Å². The molecule has 2 saturated carbocycles. The minimum atomic E-state index is 0.147. The van der Waals surface area contributed by atoms with Gasteiger partial charge in [-0.25, -0.2) is 0 Å². The number of nitrogens with zero attached hydrogens (tertiary/aromatic N) is 1. The van der Waals surface area contributed by atoms with E-state index in [4.69, 9.17) is 0 Å². The number of rotatable bonds is 5. The van der Waals surface area contributed by atoms with E-state index >= 15 is 0 Å². The van der Waals surface area contributed by atoms with Crippen LogP contribution in [-0.2, 0) is 0 Å². The van der Waals surface area contributed by atoms with E-state index in [0.29, 0.717) is 5.41 Å². The standard InChI is InChI=1S/C12H17NO/c14-13-11(12-7-10(12)8-12)6-5-9-3-1-2-4-9/h3,10-11H,1-2,4-8H2/t10?,11-,12?/m0/s1. The zero-order valence-electron chi connectivity index (χ0n) is 8.54. The van der Waals surface area contributed by atoms with Gasteiger partial charge >= 0.3 is 0 Å². The molecule has 3 aliphatic carbocycles. The van der Waals surface area contributed by atoms with Crippen molar-refractivity contribution in [3.63, 3.8) is 0 Å². The molecule has 0 heterocycles. The molecule has 0 N–H and O–H groups in total. The summed E-state index contributed by atoms with van der Waals surface area (Å²) in [4.78, 5) is 10.8. The topological polar surface area (TPSA) is 29.4 Å². The summed E-state index contributed by atoms with van der Waals surface area (Å²) < 4.78 is 0. The highest BCUT2D eigenvalue weighted by Crippen LogP contribution is 2.78. The lowest BCUT2D eigenvalue weighted by atomic mass is 9.97. The SMILES string of the molecule is O=N[C@@H](CCC1=CCCC1)C12CC1C2. The fourth-order valence-electron chi connectivity index (χ4n) is 3.02. The van der Waals surface area contributed by atoms with Crippen LogP contribution in [0, 0.1) is 16.2 Å². The lowest BCUT2D eigenvalue weighted by Gasteiger charge is -2.11. The van der Waals surface area contributed by atoms with E-state index in [2.05, 4.69) is 11.3 Å². The minimum Gasteiger partial charge on any atom is -0.150 e. The predicted octanol–water partition coefficient (Wildman–Crippen LogP) is 3.42. The summed E-state index contributed by atoms with van der Waals surface area (Å²) in [6.45, 7) is 0. The molecular formula is C12H17NO. The van der Waals surface area contributed by atoms with Crippen molar-refractivity contribution in [2.45, 2.75) is 51.0 Å². The molecule has 3 aliphatic rings. The largest absolute Gasteiger partial charge is 0.150 e. The van der Waals surface area contributed by atoms with Crippen LogP contribution >= 0.6 is 0 Å². The van der Waals surface area contributed by atoms with Crippen molar-refractivity contribution < 1.29 is 0 Å². The summed E-state index contributed by atoms with van der Waals surface area (Å²) in [5, 5.41) is 3.35. The van der Waals surface area contributed by atoms with E-state index in [0.717, 1.165) is 18.8 Å². The van der Waals surface area contributed by atoms with Crippen LogP contribution in [0.2, 0.25) is 0 Å². The highest BCUT2D eigenvalue weighted by molar-refractivity contribution is 5.24. The maximum absolute atomic E-state index is 10.8. The van der Waals surface area contributed by atoms with E-state index in [9.17, 15) is 4.91 Å². The summed E-state index contributed by atoms with van der Waals surface area (Å²) in [5.74, 6) is 0.891. The third-order valence-electron chi connectivity index (χ3n) is 4.41. The Kier molecular flexibility index (Phi) is 1.80. The number of nitroso groups, excluding NO2 is 1. The van der Waals surface area contributed by atoms with Crippen molar-refractivity contribution in [1.29, 1.82) is 0 Å². The van der Waals surface area contributed by atoms with Gasteiger partial charge in [-0.2, -0.15) is 4.91 Å². The van der Waals surface area contributed by atoms with Gasteiger partial charge in [0.25, 0.3) is 0 Å². The van der Waals surface area contributed by atoms with Crippen molar-refractivity contribution in [3.05, 3.63) is 16.6 Å². The number of hydrogen-bond donors (Lipinski definition) is 0. The van der Waals surface area contributed by atoms with Crippen molar-refractivity contribution in [1.82, 2.24) is 0 Å². The minimum absolute atomic E-state index is 0.147. The van der Waals surface area contributed by atoms with Crippen LogP contribution in [0.5, 0.6) is 0 Å². The Morgan fingerprint density at radius 1 is 1.57 bits per heavy atom.